The summed E-state index contributed by atoms with van der Waals surface area (Å²) in [6.45, 7) is 0. The molecule has 0 aliphatic heterocycles. The lowest BCUT2D eigenvalue weighted by Gasteiger charge is -2.10. The number of ether oxygens (including phenoxy) is 1. The number of methoxy groups -OCH3 is 1. The van der Waals surface area contributed by atoms with E-state index in [0.717, 1.165) is 6.07 Å². The molecule has 0 saturated carbocycles. The van der Waals surface area contributed by atoms with E-state index in [1.807, 2.05) is 0 Å². The van der Waals surface area contributed by atoms with Crippen molar-refractivity contribution in [1.82, 2.24) is 0 Å². The third-order valence-electron chi connectivity index (χ3n) is 1.81. The molecule has 0 spiro atoms. The average Bonchev–Trinajstić information content (AvgIpc) is 2.16. The van der Waals surface area contributed by atoms with Gasteiger partial charge in [0.05, 0.1) is 0 Å². The maximum Gasteiger partial charge on any atom is 0.488 e. The number of benzene rings is 1. The fourth-order valence-corrected chi connectivity index (χ4v) is 1.03. The van der Waals surface area contributed by atoms with Crippen molar-refractivity contribution in [2.45, 2.75) is 6.29 Å². The summed E-state index contributed by atoms with van der Waals surface area (Å²) in [5.41, 5.74) is -0.0218. The maximum atomic E-state index is 13.2. The zero-order valence-electron chi connectivity index (χ0n) is 7.51. The Labute approximate surface area is 80.7 Å². The van der Waals surface area contributed by atoms with Crippen molar-refractivity contribution in [1.29, 1.82) is 0 Å². The summed E-state index contributed by atoms with van der Waals surface area (Å²) in [6.07, 6.45) is -1.35. The molecule has 0 fully saturated rings. The lowest BCUT2D eigenvalue weighted by molar-refractivity contribution is -0.0790. The molecule has 1 atom stereocenters. The number of aliphatic hydroxyl groups excluding tert-OH is 1. The Morgan fingerprint density at radius 2 is 2.07 bits per heavy atom. The minimum atomic E-state index is -1.72. The fraction of sp³-hybridized carbons (Fsp3) is 0.250. The zero-order chi connectivity index (χ0) is 10.7. The van der Waals surface area contributed by atoms with Crippen molar-refractivity contribution in [2.24, 2.45) is 0 Å². The van der Waals surface area contributed by atoms with E-state index in [1.54, 1.807) is 0 Å². The van der Waals surface area contributed by atoms with Gasteiger partial charge in [-0.1, -0.05) is 12.1 Å². The van der Waals surface area contributed by atoms with Gasteiger partial charge in [-0.25, -0.2) is 4.39 Å². The van der Waals surface area contributed by atoms with Crippen LogP contribution < -0.4 is 5.46 Å². The van der Waals surface area contributed by atoms with Crippen LogP contribution >= 0.6 is 0 Å². The molecule has 76 valence electrons. The van der Waals surface area contributed by atoms with Gasteiger partial charge in [0.25, 0.3) is 0 Å². The van der Waals surface area contributed by atoms with Crippen molar-refractivity contribution in [3.8, 4) is 0 Å². The second-order valence-corrected chi connectivity index (χ2v) is 2.74. The third kappa shape index (κ3) is 2.30. The van der Waals surface area contributed by atoms with Gasteiger partial charge in [-0.05, 0) is 11.5 Å². The molecule has 0 aromatic heterocycles. The van der Waals surface area contributed by atoms with Gasteiger partial charge in [-0.3, -0.25) is 0 Å². The second-order valence-electron chi connectivity index (χ2n) is 2.74. The molecule has 1 rings (SSSR count). The summed E-state index contributed by atoms with van der Waals surface area (Å²) in [7, 11) is -0.489. The van der Waals surface area contributed by atoms with Crippen molar-refractivity contribution < 1.29 is 24.3 Å². The zero-order valence-corrected chi connectivity index (χ0v) is 7.51. The largest absolute Gasteiger partial charge is 0.488 e. The summed E-state index contributed by atoms with van der Waals surface area (Å²) in [6, 6.07) is 3.46. The van der Waals surface area contributed by atoms with Crippen LogP contribution in [0.25, 0.3) is 0 Å². The molecule has 0 amide bonds. The molecule has 6 heteroatoms. The average molecular weight is 200 g/mol. The molecule has 0 aliphatic carbocycles. The van der Waals surface area contributed by atoms with E-state index in [2.05, 4.69) is 4.74 Å². The molecule has 0 saturated heterocycles. The quantitative estimate of drug-likeness (QED) is 0.438. The first kappa shape index (κ1) is 11.1. The normalized spacial score (nSPS) is 12.6. The van der Waals surface area contributed by atoms with Gasteiger partial charge >= 0.3 is 7.12 Å². The third-order valence-corrected chi connectivity index (χ3v) is 1.81. The van der Waals surface area contributed by atoms with Crippen LogP contribution in [0, 0.1) is 5.82 Å². The van der Waals surface area contributed by atoms with E-state index < -0.39 is 19.2 Å². The Bertz CT molecular complexity index is 318. The highest BCUT2D eigenvalue weighted by atomic mass is 19.1. The van der Waals surface area contributed by atoms with Crippen molar-refractivity contribution in [3.05, 3.63) is 29.6 Å². The van der Waals surface area contributed by atoms with Crippen molar-refractivity contribution in [3.63, 3.8) is 0 Å². The highest BCUT2D eigenvalue weighted by Gasteiger charge is 2.16. The van der Waals surface area contributed by atoms with Gasteiger partial charge in [0, 0.05) is 12.7 Å². The van der Waals surface area contributed by atoms with Gasteiger partial charge in [-0.15, -0.1) is 0 Å². The molecule has 0 aliphatic rings. The SMILES string of the molecule is COC(O)c1ccc(B(O)O)cc1F. The van der Waals surface area contributed by atoms with Crippen LogP contribution in [0.15, 0.2) is 18.2 Å². The lowest BCUT2D eigenvalue weighted by atomic mass is 9.80. The summed E-state index contributed by atoms with van der Waals surface area (Å²) in [5.74, 6) is -0.745. The summed E-state index contributed by atoms with van der Waals surface area (Å²) >= 11 is 0. The van der Waals surface area contributed by atoms with Crippen LogP contribution in [-0.2, 0) is 4.74 Å². The topological polar surface area (TPSA) is 69.9 Å². The number of aliphatic hydroxyl groups is 1. The first-order chi connectivity index (χ1) is 6.56. The van der Waals surface area contributed by atoms with E-state index in [4.69, 9.17) is 15.2 Å². The number of hydrogen-bond donors (Lipinski definition) is 3. The van der Waals surface area contributed by atoms with E-state index in [9.17, 15) is 4.39 Å². The molecule has 0 radical (unpaired) electrons. The van der Waals surface area contributed by atoms with Gasteiger partial charge in [0.2, 0.25) is 0 Å². The van der Waals surface area contributed by atoms with Crippen LogP contribution in [-0.4, -0.2) is 29.4 Å². The summed E-state index contributed by atoms with van der Waals surface area (Å²) in [5, 5.41) is 26.6. The molecule has 1 aromatic carbocycles. The molecule has 0 bridgehead atoms. The molecule has 1 aromatic rings. The predicted octanol–water partition coefficient (Wildman–Crippen LogP) is -0.857. The number of halogens is 1. The van der Waals surface area contributed by atoms with Crippen LogP contribution in [0.1, 0.15) is 11.9 Å². The summed E-state index contributed by atoms with van der Waals surface area (Å²) < 4.78 is 17.7. The number of rotatable bonds is 3. The Kier molecular flexibility index (Phi) is 3.59. The van der Waals surface area contributed by atoms with Gasteiger partial charge in [0.15, 0.2) is 6.29 Å². The van der Waals surface area contributed by atoms with Gasteiger partial charge in [0.1, 0.15) is 5.82 Å². The first-order valence-electron chi connectivity index (χ1n) is 3.92. The van der Waals surface area contributed by atoms with E-state index >= 15 is 0 Å². The molecule has 3 N–H and O–H groups in total. The maximum absolute atomic E-state index is 13.2. The molecular formula is C8H10BFO4. The van der Waals surface area contributed by atoms with E-state index in [0.29, 0.717) is 0 Å². The Balaban J connectivity index is 3.01. The van der Waals surface area contributed by atoms with Crippen LogP contribution in [0.2, 0.25) is 0 Å². The van der Waals surface area contributed by atoms with Crippen LogP contribution in [0.3, 0.4) is 0 Å². The van der Waals surface area contributed by atoms with Crippen LogP contribution in [0.4, 0.5) is 4.39 Å². The first-order valence-corrected chi connectivity index (χ1v) is 3.92. The standard InChI is InChI=1S/C8H10BFO4/c1-14-8(11)6-3-2-5(9(12)13)4-7(6)10/h2-4,8,11-13H,1H3. The Morgan fingerprint density at radius 3 is 2.50 bits per heavy atom. The van der Waals surface area contributed by atoms with Crippen molar-refractivity contribution in [2.75, 3.05) is 7.11 Å². The van der Waals surface area contributed by atoms with Crippen molar-refractivity contribution >= 4 is 12.6 Å². The lowest BCUT2D eigenvalue weighted by Crippen LogP contribution is -2.30. The predicted molar refractivity (Wildman–Crippen MR) is 48.2 cm³/mol. The summed E-state index contributed by atoms with van der Waals surface area (Å²) in [4.78, 5) is 0. The van der Waals surface area contributed by atoms with Gasteiger partial charge in [-0.2, -0.15) is 0 Å². The molecular weight excluding hydrogens is 190 g/mol. The second kappa shape index (κ2) is 4.52. The monoisotopic (exact) mass is 200 g/mol. The number of hydrogen-bond acceptors (Lipinski definition) is 4. The van der Waals surface area contributed by atoms with Gasteiger partial charge < -0.3 is 19.9 Å². The molecule has 4 nitrogen and oxygen atoms in total. The van der Waals surface area contributed by atoms with Crippen LogP contribution in [0.5, 0.6) is 0 Å². The minimum absolute atomic E-state index is 0.0227. The Morgan fingerprint density at radius 1 is 1.43 bits per heavy atom. The molecule has 1 unspecified atom stereocenters. The fourth-order valence-electron chi connectivity index (χ4n) is 1.03. The highest BCUT2D eigenvalue weighted by Crippen LogP contribution is 2.15. The van der Waals surface area contributed by atoms with E-state index in [1.165, 1.54) is 19.2 Å². The Hall–Kier alpha value is -0.945. The van der Waals surface area contributed by atoms with E-state index in [-0.39, 0.29) is 11.0 Å². The minimum Gasteiger partial charge on any atom is -0.423 e. The smallest absolute Gasteiger partial charge is 0.423 e. The highest BCUT2D eigenvalue weighted by molar-refractivity contribution is 6.58. The molecule has 0 heterocycles. The molecule has 14 heavy (non-hydrogen) atoms.